The summed E-state index contributed by atoms with van der Waals surface area (Å²) in [4.78, 5) is 0. The Morgan fingerprint density at radius 2 is 1.62 bits per heavy atom. The van der Waals surface area contributed by atoms with Crippen LogP contribution in [-0.2, 0) is 12.8 Å². The van der Waals surface area contributed by atoms with E-state index in [9.17, 15) is 13.2 Å². The van der Waals surface area contributed by atoms with E-state index in [1.807, 2.05) is 12.1 Å². The number of hydrogen-bond donors (Lipinski definition) is 0. The van der Waals surface area contributed by atoms with Crippen LogP contribution < -0.4 is 0 Å². The Bertz CT molecular complexity index is 878. The number of benzene rings is 2. The van der Waals surface area contributed by atoms with Gasteiger partial charge in [-0.1, -0.05) is 25.0 Å². The largest absolute Gasteiger partial charge is 0.206 e. The summed E-state index contributed by atoms with van der Waals surface area (Å²) in [7, 11) is 0. The summed E-state index contributed by atoms with van der Waals surface area (Å²) in [5.41, 5.74) is 3.01. The molecule has 0 heterocycles. The van der Waals surface area contributed by atoms with E-state index in [2.05, 4.69) is 6.58 Å². The lowest BCUT2D eigenvalue weighted by molar-refractivity contribution is 0.185. The number of allylic oxidation sites excluding steroid dienone is 1. The van der Waals surface area contributed by atoms with Gasteiger partial charge in [0.15, 0.2) is 11.6 Å². The highest BCUT2D eigenvalue weighted by Crippen LogP contribution is 2.41. The van der Waals surface area contributed by atoms with E-state index < -0.39 is 11.6 Å². The van der Waals surface area contributed by atoms with Crippen molar-refractivity contribution in [1.82, 2.24) is 0 Å². The summed E-state index contributed by atoms with van der Waals surface area (Å²) in [5.74, 6) is 0.0331. The van der Waals surface area contributed by atoms with Crippen LogP contribution in [0, 0.1) is 35.2 Å². The molecule has 2 aromatic carbocycles. The fraction of sp³-hybridized carbons (Fsp3) is 0.462. The minimum Gasteiger partial charge on any atom is -0.206 e. The van der Waals surface area contributed by atoms with Crippen LogP contribution in [0.5, 0.6) is 0 Å². The zero-order valence-corrected chi connectivity index (χ0v) is 16.9. The van der Waals surface area contributed by atoms with Gasteiger partial charge in [0, 0.05) is 5.56 Å². The van der Waals surface area contributed by atoms with E-state index in [-0.39, 0.29) is 5.82 Å². The van der Waals surface area contributed by atoms with Crippen LogP contribution in [0.2, 0.25) is 0 Å². The SMILES string of the molecule is C=CCCC1CCC(C2CCc3cc(-c4ccc(F)c(F)c4)c(F)cc3C2)CC1. The van der Waals surface area contributed by atoms with Crippen molar-refractivity contribution < 1.29 is 13.2 Å². The van der Waals surface area contributed by atoms with Crippen LogP contribution >= 0.6 is 0 Å². The van der Waals surface area contributed by atoms with Crippen LogP contribution in [0.3, 0.4) is 0 Å². The van der Waals surface area contributed by atoms with Crippen molar-refractivity contribution in [3.05, 3.63) is 71.6 Å². The van der Waals surface area contributed by atoms with Crippen LogP contribution in [0.4, 0.5) is 13.2 Å². The molecule has 29 heavy (non-hydrogen) atoms. The molecule has 0 spiro atoms. The molecule has 0 radical (unpaired) electrons. The molecule has 0 N–H and O–H groups in total. The first-order chi connectivity index (χ1) is 14.0. The Hall–Kier alpha value is -2.03. The van der Waals surface area contributed by atoms with Gasteiger partial charge in [-0.05, 0) is 104 Å². The normalized spacial score (nSPS) is 24.2. The van der Waals surface area contributed by atoms with Crippen molar-refractivity contribution in [3.8, 4) is 11.1 Å². The number of rotatable bonds is 5. The summed E-state index contributed by atoms with van der Waals surface area (Å²) in [5, 5.41) is 0. The second kappa shape index (κ2) is 8.77. The predicted molar refractivity (Wildman–Crippen MR) is 112 cm³/mol. The Morgan fingerprint density at radius 3 is 2.34 bits per heavy atom. The third-order valence-electron chi connectivity index (χ3n) is 7.12. The third-order valence-corrected chi connectivity index (χ3v) is 7.12. The second-order valence-corrected chi connectivity index (χ2v) is 8.88. The third kappa shape index (κ3) is 4.44. The molecule has 4 rings (SSSR count). The molecular formula is C26H29F3. The van der Waals surface area contributed by atoms with Crippen molar-refractivity contribution in [2.75, 3.05) is 0 Å². The van der Waals surface area contributed by atoms with Gasteiger partial charge in [0.2, 0.25) is 0 Å². The number of fused-ring (bicyclic) bond motifs is 1. The van der Waals surface area contributed by atoms with E-state index in [0.717, 1.165) is 60.8 Å². The van der Waals surface area contributed by atoms with Gasteiger partial charge in [0.1, 0.15) is 5.82 Å². The first-order valence-electron chi connectivity index (χ1n) is 10.9. The molecule has 2 aromatic rings. The fourth-order valence-corrected chi connectivity index (χ4v) is 5.40. The molecule has 2 aliphatic carbocycles. The van der Waals surface area contributed by atoms with Crippen molar-refractivity contribution in [2.45, 2.75) is 57.8 Å². The van der Waals surface area contributed by atoms with Gasteiger partial charge in [0.25, 0.3) is 0 Å². The standard InChI is InChI=1S/C26H29F3/c1-2-3-4-17-5-7-18(8-6-17)19-9-10-20-14-23(25(28)16-22(20)13-19)21-11-12-24(27)26(29)15-21/h2,11-12,14-19H,1,3-10,13H2. The van der Waals surface area contributed by atoms with Gasteiger partial charge >= 0.3 is 0 Å². The maximum atomic E-state index is 14.8. The molecule has 1 atom stereocenters. The zero-order chi connectivity index (χ0) is 20.4. The molecule has 1 saturated carbocycles. The van der Waals surface area contributed by atoms with Gasteiger partial charge in [-0.25, -0.2) is 13.2 Å². The first kappa shape index (κ1) is 20.3. The molecule has 0 aromatic heterocycles. The van der Waals surface area contributed by atoms with Crippen LogP contribution in [0.15, 0.2) is 43.0 Å². The molecular weight excluding hydrogens is 369 g/mol. The molecule has 2 aliphatic rings. The highest BCUT2D eigenvalue weighted by atomic mass is 19.2. The second-order valence-electron chi connectivity index (χ2n) is 8.88. The maximum absolute atomic E-state index is 14.8. The minimum absolute atomic E-state index is 0.344. The lowest BCUT2D eigenvalue weighted by atomic mass is 9.69. The van der Waals surface area contributed by atoms with E-state index in [4.69, 9.17) is 0 Å². The van der Waals surface area contributed by atoms with Crippen LogP contribution in [-0.4, -0.2) is 0 Å². The Balaban J connectivity index is 1.46. The monoisotopic (exact) mass is 398 g/mol. The predicted octanol–water partition coefficient (Wildman–Crippen LogP) is 7.65. The van der Waals surface area contributed by atoms with Crippen LogP contribution in [0.25, 0.3) is 11.1 Å². The van der Waals surface area contributed by atoms with E-state index in [1.165, 1.54) is 38.2 Å². The van der Waals surface area contributed by atoms with Crippen molar-refractivity contribution in [1.29, 1.82) is 0 Å². The molecule has 1 unspecified atom stereocenters. The summed E-state index contributed by atoms with van der Waals surface area (Å²) in [6, 6.07) is 7.06. The highest BCUT2D eigenvalue weighted by Gasteiger charge is 2.30. The van der Waals surface area contributed by atoms with E-state index >= 15 is 0 Å². The Morgan fingerprint density at radius 1 is 0.828 bits per heavy atom. The van der Waals surface area contributed by atoms with E-state index in [0.29, 0.717) is 17.0 Å². The molecule has 0 saturated heterocycles. The molecule has 0 bridgehead atoms. The van der Waals surface area contributed by atoms with Crippen LogP contribution in [0.1, 0.15) is 56.1 Å². The van der Waals surface area contributed by atoms with Crippen molar-refractivity contribution in [2.24, 2.45) is 17.8 Å². The lowest BCUT2D eigenvalue weighted by Crippen LogP contribution is -2.26. The zero-order valence-electron chi connectivity index (χ0n) is 16.9. The molecule has 0 nitrogen and oxygen atoms in total. The maximum Gasteiger partial charge on any atom is 0.159 e. The Kier molecular flexibility index (Phi) is 6.12. The lowest BCUT2D eigenvalue weighted by Gasteiger charge is -2.36. The Labute approximate surface area is 171 Å². The molecule has 0 amide bonds. The van der Waals surface area contributed by atoms with Gasteiger partial charge in [-0.15, -0.1) is 6.58 Å². The average Bonchev–Trinajstić information content (AvgIpc) is 2.74. The summed E-state index contributed by atoms with van der Waals surface area (Å²) >= 11 is 0. The number of hydrogen-bond acceptors (Lipinski definition) is 0. The average molecular weight is 399 g/mol. The molecule has 3 heteroatoms. The number of aryl methyl sites for hydroxylation is 1. The first-order valence-corrected chi connectivity index (χ1v) is 10.9. The topological polar surface area (TPSA) is 0 Å². The molecule has 154 valence electrons. The minimum atomic E-state index is -0.941. The van der Waals surface area contributed by atoms with Gasteiger partial charge in [0.05, 0.1) is 0 Å². The molecule has 1 fully saturated rings. The fourth-order valence-electron chi connectivity index (χ4n) is 5.40. The summed E-state index contributed by atoms with van der Waals surface area (Å²) < 4.78 is 41.6. The van der Waals surface area contributed by atoms with Crippen molar-refractivity contribution >= 4 is 0 Å². The summed E-state index contributed by atoms with van der Waals surface area (Å²) in [6.45, 7) is 3.83. The number of halogens is 3. The van der Waals surface area contributed by atoms with E-state index in [1.54, 1.807) is 6.07 Å². The highest BCUT2D eigenvalue weighted by molar-refractivity contribution is 5.66. The van der Waals surface area contributed by atoms with Gasteiger partial charge in [-0.3, -0.25) is 0 Å². The summed E-state index contributed by atoms with van der Waals surface area (Å²) in [6.07, 6.45) is 12.6. The van der Waals surface area contributed by atoms with Crippen molar-refractivity contribution in [3.63, 3.8) is 0 Å². The van der Waals surface area contributed by atoms with Gasteiger partial charge < -0.3 is 0 Å². The smallest absolute Gasteiger partial charge is 0.159 e. The quantitative estimate of drug-likeness (QED) is 0.454. The molecule has 0 aliphatic heterocycles. The van der Waals surface area contributed by atoms with Gasteiger partial charge in [-0.2, -0.15) is 0 Å².